The Bertz CT molecular complexity index is 610. The second-order valence-electron chi connectivity index (χ2n) is 5.69. The van der Waals surface area contributed by atoms with Gasteiger partial charge >= 0.3 is 6.03 Å². The Morgan fingerprint density at radius 2 is 2.05 bits per heavy atom. The highest BCUT2D eigenvalue weighted by Gasteiger charge is 2.29. The van der Waals surface area contributed by atoms with Crippen LogP contribution in [0.25, 0.3) is 0 Å². The van der Waals surface area contributed by atoms with Crippen LogP contribution in [-0.2, 0) is 6.42 Å². The molecule has 1 aliphatic carbocycles. The molecule has 1 heterocycles. The van der Waals surface area contributed by atoms with E-state index in [4.69, 9.17) is 16.0 Å². The molecule has 2 aromatic rings. The highest BCUT2D eigenvalue weighted by atomic mass is 35.5. The Balaban J connectivity index is 1.54. The van der Waals surface area contributed by atoms with E-state index in [1.165, 1.54) is 0 Å². The monoisotopic (exact) mass is 318 g/mol. The lowest BCUT2D eigenvalue weighted by Gasteiger charge is -2.20. The summed E-state index contributed by atoms with van der Waals surface area (Å²) < 4.78 is 5.41. The number of benzene rings is 1. The van der Waals surface area contributed by atoms with Crippen molar-refractivity contribution in [3.8, 4) is 0 Å². The molecule has 0 unspecified atom stereocenters. The zero-order valence-electron chi connectivity index (χ0n) is 12.2. The first kappa shape index (κ1) is 15.0. The molecule has 116 valence electrons. The van der Waals surface area contributed by atoms with Gasteiger partial charge in [-0.2, -0.15) is 0 Å². The van der Waals surface area contributed by atoms with Crippen LogP contribution in [0.3, 0.4) is 0 Å². The molecule has 2 N–H and O–H groups in total. The van der Waals surface area contributed by atoms with Gasteiger partial charge in [0, 0.05) is 23.2 Å². The molecule has 1 saturated carbocycles. The smallest absolute Gasteiger partial charge is 0.319 e. The maximum Gasteiger partial charge on any atom is 0.319 e. The van der Waals surface area contributed by atoms with Crippen LogP contribution in [0, 0.1) is 5.92 Å². The lowest BCUT2D eigenvalue weighted by molar-refractivity contribution is 0.244. The number of rotatable bonds is 4. The summed E-state index contributed by atoms with van der Waals surface area (Å²) in [5.74, 6) is 1.42. The normalized spacial score (nSPS) is 20.8. The van der Waals surface area contributed by atoms with E-state index >= 15 is 0 Å². The van der Waals surface area contributed by atoms with Crippen molar-refractivity contribution in [2.24, 2.45) is 5.92 Å². The van der Waals surface area contributed by atoms with Gasteiger partial charge in [-0.05, 0) is 55.2 Å². The van der Waals surface area contributed by atoms with Crippen LogP contribution in [0.5, 0.6) is 0 Å². The Kier molecular flexibility index (Phi) is 4.68. The number of nitrogens with one attached hydrogen (secondary N) is 2. The standard InChI is InChI=1S/C17H19ClN2O2/c18-13-6-8-14(9-7-13)19-17(21)20-16-5-1-3-12(16)11-15-4-2-10-22-15/h2,4,6-10,12,16H,1,3,5,11H2,(H2,19,20,21)/t12-,16-/m1/s1. The van der Waals surface area contributed by atoms with Crippen molar-refractivity contribution in [3.63, 3.8) is 0 Å². The minimum Gasteiger partial charge on any atom is -0.469 e. The van der Waals surface area contributed by atoms with Crippen molar-refractivity contribution < 1.29 is 9.21 Å². The van der Waals surface area contributed by atoms with Gasteiger partial charge in [0.05, 0.1) is 6.26 Å². The fourth-order valence-electron chi connectivity index (χ4n) is 3.03. The zero-order chi connectivity index (χ0) is 15.4. The molecule has 3 rings (SSSR count). The Morgan fingerprint density at radius 1 is 1.23 bits per heavy atom. The molecule has 4 nitrogen and oxygen atoms in total. The van der Waals surface area contributed by atoms with Crippen LogP contribution in [0.4, 0.5) is 10.5 Å². The fourth-order valence-corrected chi connectivity index (χ4v) is 3.15. The van der Waals surface area contributed by atoms with E-state index < -0.39 is 0 Å². The number of carbonyl (C=O) groups excluding carboxylic acids is 1. The first-order valence-electron chi connectivity index (χ1n) is 7.56. The molecule has 1 fully saturated rings. The van der Waals surface area contributed by atoms with Crippen molar-refractivity contribution in [1.82, 2.24) is 5.32 Å². The number of furan rings is 1. The maximum absolute atomic E-state index is 12.1. The molecular weight excluding hydrogens is 300 g/mol. The number of amides is 2. The molecule has 2 atom stereocenters. The quantitative estimate of drug-likeness (QED) is 0.874. The molecule has 1 aromatic heterocycles. The van der Waals surface area contributed by atoms with Crippen molar-refractivity contribution >= 4 is 23.3 Å². The van der Waals surface area contributed by atoms with E-state index in [0.717, 1.165) is 37.1 Å². The number of urea groups is 1. The van der Waals surface area contributed by atoms with Gasteiger partial charge < -0.3 is 15.1 Å². The summed E-state index contributed by atoms with van der Waals surface area (Å²) in [6.45, 7) is 0. The lowest BCUT2D eigenvalue weighted by atomic mass is 9.98. The van der Waals surface area contributed by atoms with E-state index in [2.05, 4.69) is 10.6 Å². The van der Waals surface area contributed by atoms with Gasteiger partial charge in [-0.25, -0.2) is 4.79 Å². The van der Waals surface area contributed by atoms with Crippen LogP contribution < -0.4 is 10.6 Å². The van der Waals surface area contributed by atoms with Crippen molar-refractivity contribution in [2.45, 2.75) is 31.7 Å². The SMILES string of the molecule is O=C(Nc1ccc(Cl)cc1)N[C@@H]1CCC[C@@H]1Cc1ccco1. The summed E-state index contributed by atoms with van der Waals surface area (Å²) in [7, 11) is 0. The molecule has 1 aromatic carbocycles. The summed E-state index contributed by atoms with van der Waals surface area (Å²) in [4.78, 5) is 12.1. The summed E-state index contributed by atoms with van der Waals surface area (Å²) in [6.07, 6.45) is 5.84. The number of hydrogen-bond acceptors (Lipinski definition) is 2. The zero-order valence-corrected chi connectivity index (χ0v) is 13.0. The number of halogens is 1. The molecule has 22 heavy (non-hydrogen) atoms. The van der Waals surface area contributed by atoms with E-state index in [1.807, 2.05) is 12.1 Å². The van der Waals surface area contributed by atoms with E-state index in [-0.39, 0.29) is 12.1 Å². The predicted octanol–water partition coefficient (Wildman–Crippen LogP) is 4.47. The molecule has 1 aliphatic rings. The van der Waals surface area contributed by atoms with Gasteiger partial charge in [0.25, 0.3) is 0 Å². The third-order valence-corrected chi connectivity index (χ3v) is 4.37. The van der Waals surface area contributed by atoms with E-state index in [1.54, 1.807) is 30.5 Å². The van der Waals surface area contributed by atoms with Crippen LogP contribution in [0.2, 0.25) is 5.02 Å². The summed E-state index contributed by atoms with van der Waals surface area (Å²) in [5, 5.41) is 6.58. The molecule has 2 amide bonds. The minimum absolute atomic E-state index is 0.168. The van der Waals surface area contributed by atoms with Crippen molar-refractivity contribution in [3.05, 3.63) is 53.4 Å². The molecule has 0 aliphatic heterocycles. The minimum atomic E-state index is -0.168. The van der Waals surface area contributed by atoms with Crippen LogP contribution in [0.15, 0.2) is 47.1 Å². The second-order valence-corrected chi connectivity index (χ2v) is 6.12. The number of hydrogen-bond donors (Lipinski definition) is 2. The predicted molar refractivity (Wildman–Crippen MR) is 87.1 cm³/mol. The first-order valence-corrected chi connectivity index (χ1v) is 7.94. The summed E-state index contributed by atoms with van der Waals surface area (Å²) in [6, 6.07) is 11.0. The number of carbonyl (C=O) groups is 1. The summed E-state index contributed by atoms with van der Waals surface area (Å²) >= 11 is 5.84. The van der Waals surface area contributed by atoms with Gasteiger partial charge in [-0.3, -0.25) is 0 Å². The Morgan fingerprint density at radius 3 is 2.77 bits per heavy atom. The van der Waals surface area contributed by atoms with Gasteiger partial charge in [-0.15, -0.1) is 0 Å². The van der Waals surface area contributed by atoms with Gasteiger partial charge in [-0.1, -0.05) is 18.0 Å². The lowest BCUT2D eigenvalue weighted by Crippen LogP contribution is -2.40. The molecule has 0 spiro atoms. The van der Waals surface area contributed by atoms with Crippen LogP contribution in [-0.4, -0.2) is 12.1 Å². The average molecular weight is 319 g/mol. The topological polar surface area (TPSA) is 54.3 Å². The van der Waals surface area contributed by atoms with Crippen LogP contribution in [0.1, 0.15) is 25.0 Å². The van der Waals surface area contributed by atoms with Crippen molar-refractivity contribution in [1.29, 1.82) is 0 Å². The van der Waals surface area contributed by atoms with Gasteiger partial charge in [0.1, 0.15) is 5.76 Å². The van der Waals surface area contributed by atoms with Crippen LogP contribution >= 0.6 is 11.6 Å². The van der Waals surface area contributed by atoms with Crippen molar-refractivity contribution in [2.75, 3.05) is 5.32 Å². The average Bonchev–Trinajstić information content (AvgIpc) is 3.15. The molecule has 0 bridgehead atoms. The second kappa shape index (κ2) is 6.88. The van der Waals surface area contributed by atoms with Gasteiger partial charge in [0.15, 0.2) is 0 Å². The Hall–Kier alpha value is -1.94. The third-order valence-electron chi connectivity index (χ3n) is 4.12. The number of anilines is 1. The molecular formula is C17H19ClN2O2. The van der Waals surface area contributed by atoms with Gasteiger partial charge in [0.2, 0.25) is 0 Å². The molecule has 5 heteroatoms. The van der Waals surface area contributed by atoms with E-state index in [9.17, 15) is 4.79 Å². The van der Waals surface area contributed by atoms with E-state index in [0.29, 0.717) is 10.9 Å². The summed E-state index contributed by atoms with van der Waals surface area (Å²) in [5.41, 5.74) is 0.738. The molecule has 0 radical (unpaired) electrons. The maximum atomic E-state index is 12.1. The highest BCUT2D eigenvalue weighted by molar-refractivity contribution is 6.30. The highest BCUT2D eigenvalue weighted by Crippen LogP contribution is 2.29. The first-order chi connectivity index (χ1) is 10.7. The molecule has 0 saturated heterocycles. The fraction of sp³-hybridized carbons (Fsp3) is 0.353. The largest absolute Gasteiger partial charge is 0.469 e. The third kappa shape index (κ3) is 3.83. The Labute approximate surface area is 134 Å².